The quantitative estimate of drug-likeness (QED) is 0.778. The number of ether oxygens (including phenoxy) is 1. The Balaban J connectivity index is 2.24. The first-order valence-electron chi connectivity index (χ1n) is 6.33. The number of para-hydroxylation sites is 1. The molecule has 1 heterocycles. The Hall–Kier alpha value is -1.56. The van der Waals surface area contributed by atoms with E-state index in [4.69, 9.17) is 4.74 Å². The summed E-state index contributed by atoms with van der Waals surface area (Å²) in [6.45, 7) is 2.69. The van der Waals surface area contributed by atoms with Crippen LogP contribution in [0.25, 0.3) is 0 Å². The Kier molecular flexibility index (Phi) is 4.32. The molecule has 1 aliphatic rings. The van der Waals surface area contributed by atoms with E-state index in [9.17, 15) is 4.79 Å². The highest BCUT2D eigenvalue weighted by Crippen LogP contribution is 2.33. The molecule has 0 spiro atoms. The molecule has 1 amide bonds. The van der Waals surface area contributed by atoms with Crippen LogP contribution in [0.2, 0.25) is 0 Å². The van der Waals surface area contributed by atoms with Gasteiger partial charge in [-0.15, -0.1) is 5.10 Å². The lowest BCUT2D eigenvalue weighted by atomic mass is 9.94. The fourth-order valence-electron chi connectivity index (χ4n) is 1.83. The number of benzene rings is 1. The van der Waals surface area contributed by atoms with Crippen molar-refractivity contribution in [2.75, 3.05) is 31.0 Å². The van der Waals surface area contributed by atoms with Crippen LogP contribution in [0.5, 0.6) is 0 Å². The number of halogens is 1. The number of hydrogen-bond donors (Lipinski definition) is 0. The number of amides is 1. The fraction of sp³-hybridized carbons (Fsp3) is 0.429. The van der Waals surface area contributed by atoms with Crippen LogP contribution >= 0.6 is 15.9 Å². The van der Waals surface area contributed by atoms with Gasteiger partial charge in [0.2, 0.25) is 5.90 Å². The van der Waals surface area contributed by atoms with Crippen molar-refractivity contribution in [3.8, 4) is 0 Å². The van der Waals surface area contributed by atoms with Gasteiger partial charge in [-0.3, -0.25) is 5.01 Å². The number of alkyl halides is 1. The molecule has 1 aromatic rings. The van der Waals surface area contributed by atoms with Gasteiger partial charge in [0, 0.05) is 19.4 Å². The van der Waals surface area contributed by atoms with E-state index in [2.05, 4.69) is 21.0 Å². The Labute approximate surface area is 127 Å². The van der Waals surface area contributed by atoms with E-state index >= 15 is 0 Å². The van der Waals surface area contributed by atoms with Crippen molar-refractivity contribution < 1.29 is 9.53 Å². The topological polar surface area (TPSA) is 45.1 Å². The average Bonchev–Trinajstić information content (AvgIpc) is 2.78. The third-order valence-corrected chi connectivity index (χ3v) is 4.36. The molecule has 0 saturated carbocycles. The van der Waals surface area contributed by atoms with Gasteiger partial charge in [0.25, 0.3) is 0 Å². The lowest BCUT2D eigenvalue weighted by Gasteiger charge is -2.23. The number of carbonyl (C=O) groups is 1. The van der Waals surface area contributed by atoms with Crippen LogP contribution in [0.4, 0.5) is 10.5 Å². The van der Waals surface area contributed by atoms with Gasteiger partial charge in [0.15, 0.2) is 0 Å². The van der Waals surface area contributed by atoms with Crippen molar-refractivity contribution in [3.05, 3.63) is 30.3 Å². The Morgan fingerprint density at radius 2 is 2.10 bits per heavy atom. The largest absolute Gasteiger partial charge is 0.415 e. The van der Waals surface area contributed by atoms with Crippen molar-refractivity contribution in [2.45, 2.75) is 6.92 Å². The van der Waals surface area contributed by atoms with Crippen molar-refractivity contribution in [1.82, 2.24) is 4.90 Å². The minimum atomic E-state index is -0.411. The molecule has 1 aliphatic heterocycles. The summed E-state index contributed by atoms with van der Waals surface area (Å²) in [5.41, 5.74) is 0.650. The summed E-state index contributed by atoms with van der Waals surface area (Å²) >= 11 is 3.49. The van der Waals surface area contributed by atoms with Gasteiger partial charge in [0.05, 0.1) is 17.6 Å². The normalized spacial score (nSPS) is 21.6. The molecule has 0 saturated heterocycles. The van der Waals surface area contributed by atoms with Crippen molar-refractivity contribution >= 4 is 33.6 Å². The van der Waals surface area contributed by atoms with E-state index < -0.39 is 6.09 Å². The highest BCUT2D eigenvalue weighted by atomic mass is 79.9. The van der Waals surface area contributed by atoms with Crippen LogP contribution in [-0.2, 0) is 4.74 Å². The number of carbonyl (C=O) groups excluding carboxylic acids is 1. The molecular weight excluding hydrogens is 322 g/mol. The number of rotatable bonds is 2. The predicted molar refractivity (Wildman–Crippen MR) is 83.3 cm³/mol. The molecular formula is C14H18BrN3O2. The number of anilines is 1. The fourth-order valence-corrected chi connectivity index (χ4v) is 2.25. The predicted octanol–water partition coefficient (Wildman–Crippen LogP) is 2.92. The number of hydrogen-bond acceptors (Lipinski definition) is 4. The van der Waals surface area contributed by atoms with Crippen LogP contribution in [0.15, 0.2) is 35.4 Å². The highest BCUT2D eigenvalue weighted by Gasteiger charge is 2.41. The number of nitrogens with zero attached hydrogens (tertiary/aromatic N) is 3. The van der Waals surface area contributed by atoms with Gasteiger partial charge in [-0.05, 0) is 19.1 Å². The molecule has 0 aliphatic carbocycles. The second-order valence-corrected chi connectivity index (χ2v) is 5.82. The second-order valence-electron chi connectivity index (χ2n) is 5.26. The molecule has 0 aromatic heterocycles. The van der Waals surface area contributed by atoms with E-state index in [1.165, 1.54) is 4.90 Å². The molecule has 1 aromatic carbocycles. The summed E-state index contributed by atoms with van der Waals surface area (Å²) in [4.78, 5) is 13.1. The van der Waals surface area contributed by atoms with E-state index in [1.54, 1.807) is 14.1 Å². The first kappa shape index (κ1) is 14.8. The second kappa shape index (κ2) is 5.83. The maximum atomic E-state index is 11.7. The molecule has 0 fully saturated rings. The van der Waals surface area contributed by atoms with Gasteiger partial charge >= 0.3 is 6.09 Å². The molecule has 0 N–H and O–H groups in total. The van der Waals surface area contributed by atoms with Gasteiger partial charge < -0.3 is 9.64 Å². The number of hydrazone groups is 1. The molecule has 0 bridgehead atoms. The first-order chi connectivity index (χ1) is 9.46. The Morgan fingerprint density at radius 1 is 1.45 bits per heavy atom. The third kappa shape index (κ3) is 2.95. The zero-order chi connectivity index (χ0) is 14.8. The van der Waals surface area contributed by atoms with E-state index in [-0.39, 0.29) is 5.41 Å². The summed E-state index contributed by atoms with van der Waals surface area (Å²) in [6, 6.07) is 9.84. The van der Waals surface area contributed by atoms with Gasteiger partial charge in [0.1, 0.15) is 0 Å². The first-order valence-corrected chi connectivity index (χ1v) is 7.45. The lowest BCUT2D eigenvalue weighted by molar-refractivity contribution is 0.163. The maximum absolute atomic E-state index is 11.7. The molecule has 0 radical (unpaired) electrons. The summed E-state index contributed by atoms with van der Waals surface area (Å²) in [6.07, 6.45) is -0.411. The molecule has 20 heavy (non-hydrogen) atoms. The summed E-state index contributed by atoms with van der Waals surface area (Å²) in [5.74, 6) is 0.442. The molecule has 1 atom stereocenters. The average molecular weight is 340 g/mol. The summed E-state index contributed by atoms with van der Waals surface area (Å²) in [5, 5.41) is 6.99. The van der Waals surface area contributed by atoms with Crippen LogP contribution in [0.1, 0.15) is 6.92 Å². The zero-order valence-electron chi connectivity index (χ0n) is 11.8. The maximum Gasteiger partial charge on any atom is 0.415 e. The van der Waals surface area contributed by atoms with Crippen LogP contribution in [0.3, 0.4) is 0 Å². The van der Waals surface area contributed by atoms with E-state index in [0.717, 1.165) is 5.69 Å². The molecule has 2 rings (SSSR count). The molecule has 108 valence electrons. The molecule has 6 heteroatoms. The van der Waals surface area contributed by atoms with Crippen molar-refractivity contribution in [1.29, 1.82) is 0 Å². The molecule has 1 unspecified atom stereocenters. The van der Waals surface area contributed by atoms with Gasteiger partial charge in [-0.25, -0.2) is 4.79 Å². The van der Waals surface area contributed by atoms with Crippen LogP contribution in [0, 0.1) is 5.41 Å². The smallest absolute Gasteiger partial charge is 0.393 e. The highest BCUT2D eigenvalue weighted by molar-refractivity contribution is 9.09. The minimum Gasteiger partial charge on any atom is -0.393 e. The SMILES string of the molecule is CN(C)C(=O)OC1=NN(c2ccccc2)CC1(C)CBr. The van der Waals surface area contributed by atoms with Crippen LogP contribution in [-0.4, -0.2) is 42.9 Å². The van der Waals surface area contributed by atoms with E-state index in [1.807, 2.05) is 42.3 Å². The van der Waals surface area contributed by atoms with Gasteiger partial charge in [-0.1, -0.05) is 34.1 Å². The lowest BCUT2D eigenvalue weighted by Crippen LogP contribution is -2.37. The summed E-state index contributed by atoms with van der Waals surface area (Å²) < 4.78 is 5.40. The van der Waals surface area contributed by atoms with Crippen molar-refractivity contribution in [3.63, 3.8) is 0 Å². The Morgan fingerprint density at radius 3 is 2.65 bits per heavy atom. The van der Waals surface area contributed by atoms with Crippen LogP contribution < -0.4 is 5.01 Å². The summed E-state index contributed by atoms with van der Waals surface area (Å²) in [7, 11) is 3.30. The molecule has 5 nitrogen and oxygen atoms in total. The van der Waals surface area contributed by atoms with Crippen molar-refractivity contribution in [2.24, 2.45) is 10.5 Å². The standard InChI is InChI=1S/C14H18BrN3O2/c1-14(9-15)10-18(11-7-5-4-6-8-11)16-12(14)20-13(19)17(2)3/h4-8H,9-10H2,1-3H3. The minimum absolute atomic E-state index is 0.332. The third-order valence-electron chi connectivity index (χ3n) is 3.12. The Bertz CT molecular complexity index is 518. The zero-order valence-corrected chi connectivity index (χ0v) is 13.4. The van der Waals surface area contributed by atoms with Gasteiger partial charge in [-0.2, -0.15) is 0 Å². The van der Waals surface area contributed by atoms with E-state index in [0.29, 0.717) is 17.8 Å². The monoisotopic (exact) mass is 339 g/mol.